The molecule has 7 heteroatoms. The van der Waals surface area contributed by atoms with Gasteiger partial charge in [0.15, 0.2) is 10.7 Å². The molecule has 3 aromatic heterocycles. The Morgan fingerprint density at radius 3 is 3.16 bits per heavy atom. The number of methoxy groups -OCH3 is 1. The zero-order chi connectivity index (χ0) is 13.2. The first-order valence-corrected chi connectivity index (χ1v) is 6.44. The summed E-state index contributed by atoms with van der Waals surface area (Å²) in [6, 6.07) is 1.53. The average Bonchev–Trinajstić information content (AvgIpc) is 2.99. The summed E-state index contributed by atoms with van der Waals surface area (Å²) in [4.78, 5) is 25.2. The first-order valence-electron chi connectivity index (χ1n) is 5.56. The lowest BCUT2D eigenvalue weighted by molar-refractivity contribution is 0.0986. The minimum Gasteiger partial charge on any atom is -0.481 e. The molecule has 3 heterocycles. The van der Waals surface area contributed by atoms with Gasteiger partial charge in [-0.3, -0.25) is 9.20 Å². The Kier molecular flexibility index (Phi) is 2.96. The Bertz CT molecular complexity index is 705. The second-order valence-electron chi connectivity index (χ2n) is 3.87. The number of ether oxygens (including phenoxy) is 1. The van der Waals surface area contributed by atoms with Gasteiger partial charge in [-0.05, 0) is 0 Å². The number of rotatable bonds is 4. The van der Waals surface area contributed by atoms with E-state index in [1.807, 2.05) is 22.2 Å². The molecule has 0 saturated heterocycles. The Morgan fingerprint density at radius 1 is 1.47 bits per heavy atom. The van der Waals surface area contributed by atoms with Gasteiger partial charge >= 0.3 is 0 Å². The molecule has 0 aliphatic carbocycles. The number of ketones is 1. The van der Waals surface area contributed by atoms with Crippen LogP contribution in [0.25, 0.3) is 4.96 Å². The van der Waals surface area contributed by atoms with Gasteiger partial charge in [0.1, 0.15) is 12.0 Å². The second-order valence-corrected chi connectivity index (χ2v) is 4.74. The maximum atomic E-state index is 12.1. The van der Waals surface area contributed by atoms with Gasteiger partial charge in [-0.1, -0.05) is 0 Å². The Hall–Kier alpha value is -2.28. The van der Waals surface area contributed by atoms with Gasteiger partial charge in [0.2, 0.25) is 5.88 Å². The summed E-state index contributed by atoms with van der Waals surface area (Å²) in [5, 5.41) is 1.95. The van der Waals surface area contributed by atoms with Crippen LogP contribution in [-0.2, 0) is 6.42 Å². The third kappa shape index (κ3) is 2.32. The molecule has 0 unspecified atom stereocenters. The van der Waals surface area contributed by atoms with Crippen LogP contribution in [0.5, 0.6) is 5.88 Å². The van der Waals surface area contributed by atoms with E-state index in [-0.39, 0.29) is 12.2 Å². The van der Waals surface area contributed by atoms with Crippen molar-refractivity contribution in [1.29, 1.82) is 0 Å². The van der Waals surface area contributed by atoms with Crippen LogP contribution >= 0.6 is 11.3 Å². The van der Waals surface area contributed by atoms with Gasteiger partial charge in [-0.15, -0.1) is 11.3 Å². The van der Waals surface area contributed by atoms with Crippen LogP contribution in [0.4, 0.5) is 0 Å². The van der Waals surface area contributed by atoms with Gasteiger partial charge < -0.3 is 4.74 Å². The number of hydrogen-bond acceptors (Lipinski definition) is 6. The maximum Gasteiger partial charge on any atom is 0.216 e. The molecule has 0 aliphatic rings. The number of aromatic nitrogens is 4. The number of fused-ring (bicyclic) bond motifs is 1. The third-order valence-electron chi connectivity index (χ3n) is 2.62. The smallest absolute Gasteiger partial charge is 0.216 e. The standard InChI is InChI=1S/C12H10N4O2S/c1-18-11-5-9(13-7-14-11)10(17)4-8-6-16-2-3-19-12(16)15-8/h2-3,5-7H,4H2,1H3. The van der Waals surface area contributed by atoms with Gasteiger partial charge in [0, 0.05) is 23.8 Å². The molecular formula is C12H10N4O2S. The number of hydrogen-bond donors (Lipinski definition) is 0. The highest BCUT2D eigenvalue weighted by Crippen LogP contribution is 2.14. The van der Waals surface area contributed by atoms with Crippen molar-refractivity contribution in [2.45, 2.75) is 6.42 Å². The Balaban J connectivity index is 1.82. The first kappa shape index (κ1) is 11.8. The normalized spacial score (nSPS) is 10.8. The lowest BCUT2D eigenvalue weighted by atomic mass is 10.2. The molecule has 0 aliphatic heterocycles. The van der Waals surface area contributed by atoms with Gasteiger partial charge in [0.25, 0.3) is 0 Å². The fraction of sp³-hybridized carbons (Fsp3) is 0.167. The summed E-state index contributed by atoms with van der Waals surface area (Å²) in [5.41, 5.74) is 1.07. The Morgan fingerprint density at radius 2 is 2.37 bits per heavy atom. The fourth-order valence-electron chi connectivity index (χ4n) is 1.72. The number of carbonyl (C=O) groups excluding carboxylic acids is 1. The van der Waals surface area contributed by atoms with Gasteiger partial charge in [-0.2, -0.15) is 0 Å². The van der Waals surface area contributed by atoms with Crippen LogP contribution in [0, 0.1) is 0 Å². The molecule has 19 heavy (non-hydrogen) atoms. The molecule has 0 saturated carbocycles. The van der Waals surface area contributed by atoms with E-state index in [9.17, 15) is 4.79 Å². The summed E-state index contributed by atoms with van der Waals surface area (Å²) in [7, 11) is 1.50. The van der Waals surface area contributed by atoms with Crippen LogP contribution < -0.4 is 4.74 Å². The molecule has 0 bridgehead atoms. The van der Waals surface area contributed by atoms with E-state index < -0.39 is 0 Å². The first-order chi connectivity index (χ1) is 9.26. The summed E-state index contributed by atoms with van der Waals surface area (Å²) in [6.45, 7) is 0. The zero-order valence-corrected chi connectivity index (χ0v) is 10.9. The van der Waals surface area contributed by atoms with Crippen LogP contribution in [0.2, 0.25) is 0 Å². The van der Waals surface area contributed by atoms with Crippen molar-refractivity contribution < 1.29 is 9.53 Å². The second kappa shape index (κ2) is 4.77. The summed E-state index contributed by atoms with van der Waals surface area (Å²) < 4.78 is 6.87. The number of thiazole rings is 1. The number of Topliss-reactive ketones (excluding diaryl/α,β-unsaturated/α-hetero) is 1. The van der Waals surface area contributed by atoms with E-state index >= 15 is 0 Å². The lowest BCUT2D eigenvalue weighted by Gasteiger charge is -2.00. The van der Waals surface area contributed by atoms with E-state index in [2.05, 4.69) is 15.0 Å². The molecule has 0 radical (unpaired) electrons. The molecule has 0 N–H and O–H groups in total. The largest absolute Gasteiger partial charge is 0.481 e. The molecule has 0 fully saturated rings. The van der Waals surface area contributed by atoms with Crippen molar-refractivity contribution in [3.63, 3.8) is 0 Å². The lowest BCUT2D eigenvalue weighted by Crippen LogP contribution is -2.07. The van der Waals surface area contributed by atoms with Crippen LogP contribution in [0.15, 0.2) is 30.2 Å². The highest BCUT2D eigenvalue weighted by molar-refractivity contribution is 7.15. The SMILES string of the molecule is COc1cc(C(=O)Cc2cn3ccsc3n2)ncn1. The molecule has 6 nitrogen and oxygen atoms in total. The van der Waals surface area contributed by atoms with E-state index in [0.717, 1.165) is 10.7 Å². The predicted molar refractivity (Wildman–Crippen MR) is 69.7 cm³/mol. The van der Waals surface area contributed by atoms with Crippen molar-refractivity contribution in [2.75, 3.05) is 7.11 Å². The summed E-state index contributed by atoms with van der Waals surface area (Å²) in [5.74, 6) is 0.274. The van der Waals surface area contributed by atoms with Crippen molar-refractivity contribution in [2.24, 2.45) is 0 Å². The van der Waals surface area contributed by atoms with E-state index in [1.165, 1.54) is 30.8 Å². The molecule has 96 valence electrons. The minimum absolute atomic E-state index is 0.105. The summed E-state index contributed by atoms with van der Waals surface area (Å²) in [6.07, 6.45) is 5.29. The molecule has 0 spiro atoms. The number of imidazole rings is 1. The number of nitrogens with zero attached hydrogens (tertiary/aromatic N) is 4. The monoisotopic (exact) mass is 274 g/mol. The Labute approximate surface area is 112 Å². The molecule has 0 aromatic carbocycles. The van der Waals surface area contributed by atoms with E-state index in [1.54, 1.807) is 0 Å². The topological polar surface area (TPSA) is 69.4 Å². The van der Waals surface area contributed by atoms with Gasteiger partial charge in [0.05, 0.1) is 19.2 Å². The number of carbonyl (C=O) groups is 1. The molecule has 0 atom stereocenters. The van der Waals surface area contributed by atoms with Crippen molar-refractivity contribution in [3.8, 4) is 5.88 Å². The average molecular weight is 274 g/mol. The fourth-order valence-corrected chi connectivity index (χ4v) is 2.44. The van der Waals surface area contributed by atoms with E-state index in [0.29, 0.717) is 11.6 Å². The van der Waals surface area contributed by atoms with Gasteiger partial charge in [-0.25, -0.2) is 15.0 Å². The van der Waals surface area contributed by atoms with E-state index in [4.69, 9.17) is 4.74 Å². The van der Waals surface area contributed by atoms with Crippen LogP contribution in [0.1, 0.15) is 16.2 Å². The van der Waals surface area contributed by atoms with Crippen molar-refractivity contribution in [3.05, 3.63) is 41.6 Å². The van der Waals surface area contributed by atoms with Crippen molar-refractivity contribution >= 4 is 22.1 Å². The summed E-state index contributed by atoms with van der Waals surface area (Å²) >= 11 is 1.53. The highest BCUT2D eigenvalue weighted by atomic mass is 32.1. The third-order valence-corrected chi connectivity index (χ3v) is 3.39. The highest BCUT2D eigenvalue weighted by Gasteiger charge is 2.13. The molecule has 3 aromatic rings. The zero-order valence-electron chi connectivity index (χ0n) is 10.1. The minimum atomic E-state index is -0.105. The molecular weight excluding hydrogens is 264 g/mol. The predicted octanol–water partition coefficient (Wildman–Crippen LogP) is 1.62. The van der Waals surface area contributed by atoms with Crippen molar-refractivity contribution in [1.82, 2.24) is 19.4 Å². The maximum absolute atomic E-state index is 12.1. The van der Waals surface area contributed by atoms with Crippen LogP contribution in [0.3, 0.4) is 0 Å². The molecule has 3 rings (SSSR count). The van der Waals surface area contributed by atoms with Crippen LogP contribution in [-0.4, -0.2) is 32.2 Å². The molecule has 0 amide bonds. The quantitative estimate of drug-likeness (QED) is 0.676.